The van der Waals surface area contributed by atoms with E-state index in [-0.39, 0.29) is 6.54 Å². The summed E-state index contributed by atoms with van der Waals surface area (Å²) in [7, 11) is 1.52. The van der Waals surface area contributed by atoms with Gasteiger partial charge in [-0.05, 0) is 5.56 Å². The van der Waals surface area contributed by atoms with Crippen molar-refractivity contribution in [3.8, 4) is 0 Å². The molecule has 3 amide bonds. The van der Waals surface area contributed by atoms with Crippen molar-refractivity contribution in [2.45, 2.75) is 12.7 Å². The highest BCUT2D eigenvalue weighted by Gasteiger charge is 2.28. The number of benzene rings is 1. The van der Waals surface area contributed by atoms with E-state index in [2.05, 4.69) is 0 Å². The molecule has 0 atom stereocenters. The number of carbonyl (C=O) groups is 2. The fourth-order valence-electron chi connectivity index (χ4n) is 1.87. The van der Waals surface area contributed by atoms with E-state index in [4.69, 9.17) is 4.74 Å². The maximum Gasteiger partial charge on any atom is 0.405 e. The molecule has 0 saturated heterocycles. The zero-order valence-electron chi connectivity index (χ0n) is 13.2. The van der Waals surface area contributed by atoms with Gasteiger partial charge in [0.25, 0.3) is 0 Å². The quantitative estimate of drug-likeness (QED) is 0.748. The molecule has 0 bridgehead atoms. The molecule has 0 saturated carbocycles. The normalized spacial score (nSPS) is 11.4. The van der Waals surface area contributed by atoms with Gasteiger partial charge in [0.2, 0.25) is 5.91 Å². The standard InChI is InChI=1S/C15H20F3N3O3/c1-24-8-7-21(9-12-5-3-2-4-6-12)10-13(22)20-14(23)19-11-15(16,17)18/h2-6H,7-11H2,1H3,(H2,19,20,22,23). The first kappa shape index (κ1) is 19.9. The number of ether oxygens (including phenoxy) is 1. The smallest absolute Gasteiger partial charge is 0.383 e. The van der Waals surface area contributed by atoms with E-state index in [1.54, 1.807) is 10.2 Å². The molecule has 0 aliphatic heterocycles. The van der Waals surface area contributed by atoms with E-state index in [0.29, 0.717) is 19.7 Å². The molecular weight excluding hydrogens is 327 g/mol. The average molecular weight is 347 g/mol. The first-order valence-corrected chi connectivity index (χ1v) is 7.20. The Bertz CT molecular complexity index is 524. The Labute approximate surface area is 138 Å². The molecule has 0 heterocycles. The average Bonchev–Trinajstić information content (AvgIpc) is 2.51. The Morgan fingerprint density at radius 2 is 1.88 bits per heavy atom. The van der Waals surface area contributed by atoms with Crippen LogP contribution in [0.5, 0.6) is 0 Å². The molecule has 134 valence electrons. The van der Waals surface area contributed by atoms with Crippen LogP contribution in [-0.2, 0) is 16.1 Å². The summed E-state index contributed by atoms with van der Waals surface area (Å²) in [5.74, 6) is -0.693. The molecule has 0 aliphatic carbocycles. The van der Waals surface area contributed by atoms with Gasteiger partial charge in [0, 0.05) is 20.2 Å². The van der Waals surface area contributed by atoms with Crippen LogP contribution in [0.25, 0.3) is 0 Å². The number of methoxy groups -OCH3 is 1. The molecule has 6 nitrogen and oxygen atoms in total. The molecule has 9 heteroatoms. The molecule has 2 N–H and O–H groups in total. The highest BCUT2D eigenvalue weighted by Crippen LogP contribution is 2.11. The van der Waals surface area contributed by atoms with E-state index in [1.807, 2.05) is 35.6 Å². The highest BCUT2D eigenvalue weighted by atomic mass is 19.4. The van der Waals surface area contributed by atoms with Crippen LogP contribution in [0.4, 0.5) is 18.0 Å². The Kier molecular flexibility index (Phi) is 8.20. The molecule has 0 radical (unpaired) electrons. The lowest BCUT2D eigenvalue weighted by Gasteiger charge is -2.21. The lowest BCUT2D eigenvalue weighted by atomic mass is 10.2. The van der Waals surface area contributed by atoms with Gasteiger partial charge in [0.15, 0.2) is 0 Å². The molecule has 1 aromatic rings. The summed E-state index contributed by atoms with van der Waals surface area (Å²) in [6, 6.07) is 8.16. The van der Waals surface area contributed by atoms with Crippen LogP contribution in [0, 0.1) is 0 Å². The maximum atomic E-state index is 12.0. The monoisotopic (exact) mass is 347 g/mol. The topological polar surface area (TPSA) is 70.7 Å². The van der Waals surface area contributed by atoms with Crippen molar-refractivity contribution in [1.82, 2.24) is 15.5 Å². The van der Waals surface area contributed by atoms with Crippen molar-refractivity contribution in [2.24, 2.45) is 0 Å². The van der Waals surface area contributed by atoms with Crippen LogP contribution in [0.3, 0.4) is 0 Å². The fraction of sp³-hybridized carbons (Fsp3) is 0.467. The lowest BCUT2D eigenvalue weighted by Crippen LogP contribution is -2.47. The minimum Gasteiger partial charge on any atom is -0.383 e. The Hall–Kier alpha value is -2.13. The highest BCUT2D eigenvalue weighted by molar-refractivity contribution is 5.95. The van der Waals surface area contributed by atoms with E-state index >= 15 is 0 Å². The lowest BCUT2D eigenvalue weighted by molar-refractivity contribution is -0.125. The number of nitrogens with zero attached hydrogens (tertiary/aromatic N) is 1. The van der Waals surface area contributed by atoms with Crippen molar-refractivity contribution in [3.05, 3.63) is 35.9 Å². The molecule has 0 unspecified atom stereocenters. The summed E-state index contributed by atoms with van der Waals surface area (Å²) in [6.07, 6.45) is -4.53. The number of imide groups is 1. The number of alkyl halides is 3. The zero-order chi connectivity index (χ0) is 18.0. The molecule has 0 aliphatic rings. The van der Waals surface area contributed by atoms with Crippen molar-refractivity contribution >= 4 is 11.9 Å². The van der Waals surface area contributed by atoms with Gasteiger partial charge in [-0.2, -0.15) is 13.2 Å². The summed E-state index contributed by atoms with van der Waals surface area (Å²) < 4.78 is 41.0. The summed E-state index contributed by atoms with van der Waals surface area (Å²) >= 11 is 0. The van der Waals surface area contributed by atoms with Gasteiger partial charge >= 0.3 is 12.2 Å². The van der Waals surface area contributed by atoms with Crippen molar-refractivity contribution in [2.75, 3.05) is 33.4 Å². The van der Waals surface area contributed by atoms with Gasteiger partial charge in [-0.25, -0.2) is 4.79 Å². The summed E-state index contributed by atoms with van der Waals surface area (Å²) in [4.78, 5) is 24.8. The summed E-state index contributed by atoms with van der Waals surface area (Å²) in [6.45, 7) is -0.383. The number of amides is 3. The first-order valence-electron chi connectivity index (χ1n) is 7.20. The van der Waals surface area contributed by atoms with Gasteiger partial charge in [0.1, 0.15) is 6.54 Å². The molecule has 1 rings (SSSR count). The van der Waals surface area contributed by atoms with Gasteiger partial charge in [-0.15, -0.1) is 0 Å². The third-order valence-corrected chi connectivity index (χ3v) is 2.93. The number of nitrogens with one attached hydrogen (secondary N) is 2. The fourth-order valence-corrected chi connectivity index (χ4v) is 1.87. The van der Waals surface area contributed by atoms with Gasteiger partial charge < -0.3 is 10.1 Å². The predicted molar refractivity (Wildman–Crippen MR) is 81.2 cm³/mol. The van der Waals surface area contributed by atoms with Crippen LogP contribution < -0.4 is 10.6 Å². The second-order valence-electron chi connectivity index (χ2n) is 5.04. The van der Waals surface area contributed by atoms with E-state index in [9.17, 15) is 22.8 Å². The number of halogens is 3. The molecule has 0 spiro atoms. The molecular formula is C15H20F3N3O3. The summed E-state index contributed by atoms with van der Waals surface area (Å²) in [5, 5.41) is 3.45. The number of rotatable bonds is 8. The SMILES string of the molecule is COCCN(CC(=O)NC(=O)NCC(F)(F)F)Cc1ccccc1. The van der Waals surface area contributed by atoms with E-state index < -0.39 is 24.7 Å². The minimum atomic E-state index is -4.53. The third-order valence-electron chi connectivity index (χ3n) is 2.93. The zero-order valence-corrected chi connectivity index (χ0v) is 13.2. The summed E-state index contributed by atoms with van der Waals surface area (Å²) in [5.41, 5.74) is 0.961. The van der Waals surface area contributed by atoms with Gasteiger partial charge in [0.05, 0.1) is 13.2 Å². The Morgan fingerprint density at radius 3 is 2.46 bits per heavy atom. The van der Waals surface area contributed by atoms with Crippen LogP contribution in [0.15, 0.2) is 30.3 Å². The van der Waals surface area contributed by atoms with E-state index in [0.717, 1.165) is 5.56 Å². The Balaban J connectivity index is 2.49. The van der Waals surface area contributed by atoms with Crippen LogP contribution in [0.2, 0.25) is 0 Å². The van der Waals surface area contributed by atoms with Gasteiger partial charge in [-0.1, -0.05) is 30.3 Å². The van der Waals surface area contributed by atoms with Crippen LogP contribution in [-0.4, -0.2) is 56.4 Å². The number of urea groups is 1. The van der Waals surface area contributed by atoms with Crippen molar-refractivity contribution in [1.29, 1.82) is 0 Å². The van der Waals surface area contributed by atoms with Crippen molar-refractivity contribution in [3.63, 3.8) is 0 Å². The predicted octanol–water partition coefficient (Wildman–Crippen LogP) is 1.52. The first-order chi connectivity index (χ1) is 11.3. The van der Waals surface area contributed by atoms with Crippen LogP contribution in [0.1, 0.15) is 5.56 Å². The third kappa shape index (κ3) is 9.11. The molecule has 0 aromatic heterocycles. The molecule has 0 fully saturated rings. The molecule has 24 heavy (non-hydrogen) atoms. The maximum absolute atomic E-state index is 12.0. The van der Waals surface area contributed by atoms with Crippen molar-refractivity contribution < 1.29 is 27.5 Å². The Morgan fingerprint density at radius 1 is 1.21 bits per heavy atom. The number of hydrogen-bond acceptors (Lipinski definition) is 4. The van der Waals surface area contributed by atoms with Crippen LogP contribution >= 0.6 is 0 Å². The second-order valence-corrected chi connectivity index (χ2v) is 5.04. The second kappa shape index (κ2) is 9.89. The van der Waals surface area contributed by atoms with Gasteiger partial charge in [-0.3, -0.25) is 15.0 Å². The largest absolute Gasteiger partial charge is 0.405 e. The molecule has 1 aromatic carbocycles. The van der Waals surface area contributed by atoms with E-state index in [1.165, 1.54) is 7.11 Å². The number of carbonyl (C=O) groups excluding carboxylic acids is 2. The minimum absolute atomic E-state index is 0.141. The number of hydrogen-bond donors (Lipinski definition) is 2.